The van der Waals surface area contributed by atoms with Gasteiger partial charge in [0, 0.05) is 12.6 Å². The number of carbonyl (C=O) groups excluding carboxylic acids is 3. The van der Waals surface area contributed by atoms with Crippen LogP contribution in [0.2, 0.25) is 0 Å². The van der Waals surface area contributed by atoms with E-state index in [1.54, 1.807) is 18.9 Å². The highest BCUT2D eigenvalue weighted by Gasteiger charge is 2.45. The van der Waals surface area contributed by atoms with Crippen molar-refractivity contribution in [3.63, 3.8) is 0 Å². The quantitative estimate of drug-likeness (QED) is 0.449. The van der Waals surface area contributed by atoms with Gasteiger partial charge in [0.25, 0.3) is 0 Å². The summed E-state index contributed by atoms with van der Waals surface area (Å²) in [4.78, 5) is 41.3. The molecule has 5 atom stereocenters. The summed E-state index contributed by atoms with van der Waals surface area (Å²) in [6, 6.07) is 7.95. The molecule has 0 aliphatic carbocycles. The molecule has 1 heterocycles. The number of nitrogens with zero attached hydrogens (tertiary/aromatic N) is 1. The summed E-state index contributed by atoms with van der Waals surface area (Å²) in [6.07, 6.45) is 1.27. The predicted octanol–water partition coefficient (Wildman–Crippen LogP) is 1.58. The molecular weight excluding hydrogens is 418 g/mol. The molecule has 4 N–H and O–H groups in total. The van der Waals surface area contributed by atoms with Gasteiger partial charge in [-0.3, -0.25) is 14.4 Å². The van der Waals surface area contributed by atoms with E-state index in [0.717, 1.165) is 12.0 Å². The van der Waals surface area contributed by atoms with Crippen LogP contribution in [-0.4, -0.2) is 67.4 Å². The summed E-state index contributed by atoms with van der Waals surface area (Å²) in [7, 11) is 3.54. The fraction of sp³-hybridized carbons (Fsp3) is 0.640. The maximum Gasteiger partial charge on any atom is 0.246 e. The van der Waals surface area contributed by atoms with Gasteiger partial charge in [0.1, 0.15) is 12.1 Å². The Morgan fingerprint density at radius 1 is 1.09 bits per heavy atom. The second-order valence-corrected chi connectivity index (χ2v) is 9.93. The number of likely N-dealkylation sites (tertiary alicyclic amines) is 1. The lowest BCUT2D eigenvalue weighted by Crippen LogP contribution is -2.59. The number of hydrogen-bond donors (Lipinski definition) is 4. The third-order valence-corrected chi connectivity index (χ3v) is 6.45. The average molecular weight is 460 g/mol. The van der Waals surface area contributed by atoms with Crippen molar-refractivity contribution in [3.05, 3.63) is 35.9 Å². The number of benzene rings is 1. The Labute approximate surface area is 198 Å². The first-order valence-electron chi connectivity index (χ1n) is 11.8. The fourth-order valence-corrected chi connectivity index (χ4v) is 4.12. The average Bonchev–Trinajstić information content (AvgIpc) is 3.24. The van der Waals surface area contributed by atoms with Crippen molar-refractivity contribution in [2.45, 2.75) is 77.7 Å². The molecule has 33 heavy (non-hydrogen) atoms. The van der Waals surface area contributed by atoms with Gasteiger partial charge in [0.2, 0.25) is 17.7 Å². The van der Waals surface area contributed by atoms with Crippen molar-refractivity contribution >= 4 is 17.7 Å². The Kier molecular flexibility index (Phi) is 9.43. The molecule has 1 aliphatic heterocycles. The summed E-state index contributed by atoms with van der Waals surface area (Å²) in [6.45, 7) is 9.95. The third-order valence-electron chi connectivity index (χ3n) is 6.45. The monoisotopic (exact) mass is 459 g/mol. The molecule has 1 aromatic carbocycles. The van der Waals surface area contributed by atoms with Crippen LogP contribution in [0.15, 0.2) is 30.3 Å². The van der Waals surface area contributed by atoms with Crippen LogP contribution >= 0.6 is 0 Å². The maximum absolute atomic E-state index is 13.7. The first-order valence-corrected chi connectivity index (χ1v) is 11.8. The first-order chi connectivity index (χ1) is 15.5. The van der Waals surface area contributed by atoms with E-state index in [0.29, 0.717) is 13.0 Å². The molecule has 1 aromatic rings. The molecule has 8 heteroatoms. The lowest BCUT2D eigenvalue weighted by atomic mass is 9.85. The molecule has 3 amide bonds. The molecule has 0 saturated carbocycles. The van der Waals surface area contributed by atoms with Crippen LogP contribution < -0.4 is 21.3 Å². The number of hydrogen-bond acceptors (Lipinski definition) is 5. The van der Waals surface area contributed by atoms with E-state index in [9.17, 15) is 14.4 Å². The summed E-state index contributed by atoms with van der Waals surface area (Å²) in [5.74, 6) is -0.643. The first kappa shape index (κ1) is 26.8. The van der Waals surface area contributed by atoms with Crippen LogP contribution in [0.1, 0.15) is 59.1 Å². The highest BCUT2D eigenvalue weighted by molar-refractivity contribution is 5.94. The number of likely N-dealkylation sites (N-methyl/N-ethyl adjacent to an activating group) is 2. The van der Waals surface area contributed by atoms with Crippen molar-refractivity contribution < 1.29 is 14.4 Å². The number of amides is 3. The van der Waals surface area contributed by atoms with Gasteiger partial charge in [-0.1, -0.05) is 58.0 Å². The Morgan fingerprint density at radius 2 is 1.73 bits per heavy atom. The van der Waals surface area contributed by atoms with Crippen molar-refractivity contribution in [3.8, 4) is 0 Å². The van der Waals surface area contributed by atoms with Crippen LogP contribution in [0.25, 0.3) is 0 Å². The minimum atomic E-state index is -0.747. The van der Waals surface area contributed by atoms with Crippen LogP contribution in [0.3, 0.4) is 0 Å². The predicted molar refractivity (Wildman–Crippen MR) is 130 cm³/mol. The largest absolute Gasteiger partial charge is 0.348 e. The van der Waals surface area contributed by atoms with E-state index in [-0.39, 0.29) is 29.8 Å². The van der Waals surface area contributed by atoms with Gasteiger partial charge in [-0.15, -0.1) is 0 Å². The number of nitrogens with one attached hydrogen (secondary N) is 4. The lowest BCUT2D eigenvalue weighted by molar-refractivity contribution is -0.144. The minimum Gasteiger partial charge on any atom is -0.348 e. The molecule has 1 unspecified atom stereocenters. The number of rotatable bonds is 9. The third kappa shape index (κ3) is 6.77. The van der Waals surface area contributed by atoms with Crippen molar-refractivity contribution in [2.75, 3.05) is 20.6 Å². The standard InChI is InChI=1S/C25H41N5O3/c1-8-19(17-12-10-9-11-13-17)28-23(32)20-14-18(27-7)15-30(20)24(33)21(25(3,4)5)29-22(31)16(2)26-6/h9-13,16,18-21,26-27H,8,14-15H2,1-7H3,(H,28,32)(H,29,31)/t16-,18-,19+,20?,21+/m0/s1. The van der Waals surface area contributed by atoms with Gasteiger partial charge >= 0.3 is 0 Å². The summed E-state index contributed by atoms with van der Waals surface area (Å²) >= 11 is 0. The highest BCUT2D eigenvalue weighted by atomic mass is 16.2. The van der Waals surface area contributed by atoms with Gasteiger partial charge < -0.3 is 26.2 Å². The molecule has 0 bridgehead atoms. The Hall–Kier alpha value is -2.45. The van der Waals surface area contributed by atoms with Crippen LogP contribution in [0.5, 0.6) is 0 Å². The van der Waals surface area contributed by atoms with E-state index < -0.39 is 23.5 Å². The SMILES string of the molecule is CC[C@@H](NC(=O)C1C[C@H](NC)CN1C(=O)[C@@H](NC(=O)[C@H](C)NC)C(C)(C)C)c1ccccc1. The van der Waals surface area contributed by atoms with Crippen molar-refractivity contribution in [2.24, 2.45) is 5.41 Å². The zero-order valence-electron chi connectivity index (χ0n) is 21.1. The molecule has 1 fully saturated rings. The van der Waals surface area contributed by atoms with Crippen LogP contribution in [0.4, 0.5) is 0 Å². The van der Waals surface area contributed by atoms with Gasteiger partial charge in [-0.25, -0.2) is 0 Å². The molecule has 0 aromatic heterocycles. The molecular formula is C25H41N5O3. The summed E-state index contributed by atoms with van der Waals surface area (Å²) in [5.41, 5.74) is 0.518. The number of carbonyl (C=O) groups is 3. The molecule has 2 rings (SSSR count). The Balaban J connectivity index is 2.26. The molecule has 0 spiro atoms. The molecule has 8 nitrogen and oxygen atoms in total. The van der Waals surface area contributed by atoms with Crippen molar-refractivity contribution in [1.82, 2.24) is 26.2 Å². The second kappa shape index (κ2) is 11.6. The zero-order valence-corrected chi connectivity index (χ0v) is 21.1. The normalized spacial score (nSPS) is 21.2. The zero-order chi connectivity index (χ0) is 24.8. The van der Waals surface area contributed by atoms with E-state index in [1.807, 2.05) is 65.1 Å². The second-order valence-electron chi connectivity index (χ2n) is 9.93. The van der Waals surface area contributed by atoms with E-state index in [1.165, 1.54) is 0 Å². The van der Waals surface area contributed by atoms with E-state index in [2.05, 4.69) is 21.3 Å². The van der Waals surface area contributed by atoms with Gasteiger partial charge in [0.15, 0.2) is 0 Å². The molecule has 184 valence electrons. The smallest absolute Gasteiger partial charge is 0.246 e. The van der Waals surface area contributed by atoms with E-state index >= 15 is 0 Å². The van der Waals surface area contributed by atoms with Crippen LogP contribution in [-0.2, 0) is 14.4 Å². The maximum atomic E-state index is 13.7. The van der Waals surface area contributed by atoms with Gasteiger partial charge in [0.05, 0.1) is 12.1 Å². The van der Waals surface area contributed by atoms with Gasteiger partial charge in [-0.2, -0.15) is 0 Å². The summed E-state index contributed by atoms with van der Waals surface area (Å²) < 4.78 is 0. The minimum absolute atomic E-state index is 0.00838. The van der Waals surface area contributed by atoms with Crippen LogP contribution in [0, 0.1) is 5.41 Å². The molecule has 1 saturated heterocycles. The lowest BCUT2D eigenvalue weighted by Gasteiger charge is -2.36. The highest BCUT2D eigenvalue weighted by Crippen LogP contribution is 2.27. The van der Waals surface area contributed by atoms with Gasteiger partial charge in [-0.05, 0) is 44.8 Å². The topological polar surface area (TPSA) is 103 Å². The summed E-state index contributed by atoms with van der Waals surface area (Å²) in [5, 5.41) is 12.2. The fourth-order valence-electron chi connectivity index (χ4n) is 4.12. The Bertz CT molecular complexity index is 808. The van der Waals surface area contributed by atoms with Crippen molar-refractivity contribution in [1.29, 1.82) is 0 Å². The molecule has 0 radical (unpaired) electrons. The molecule has 1 aliphatic rings. The van der Waals surface area contributed by atoms with E-state index in [4.69, 9.17) is 0 Å². The Morgan fingerprint density at radius 3 is 2.24 bits per heavy atom.